The first-order chi connectivity index (χ1) is 11.6. The molecule has 0 aliphatic rings. The molecule has 128 valence electrons. The van der Waals surface area contributed by atoms with E-state index in [0.29, 0.717) is 12.5 Å². The topological polar surface area (TPSA) is 24.5 Å². The van der Waals surface area contributed by atoms with Crippen LogP contribution in [0.15, 0.2) is 54.6 Å². The highest BCUT2D eigenvalue weighted by Gasteiger charge is 2.14. The standard InChI is InChI=1S/C20H26N2OS/c1-4-23-19-13-9-8-12-18(19)21-20(24)22(14-16(2)3)15-17-10-6-5-7-11-17/h5-13,16H,4,14-15H2,1-3H3,(H,21,24). The largest absolute Gasteiger partial charge is 0.492 e. The minimum Gasteiger partial charge on any atom is -0.492 e. The minimum absolute atomic E-state index is 0.524. The maximum absolute atomic E-state index is 5.68. The number of benzene rings is 2. The second-order valence-corrected chi connectivity index (χ2v) is 6.51. The van der Waals surface area contributed by atoms with Gasteiger partial charge in [0, 0.05) is 13.1 Å². The predicted octanol–water partition coefficient (Wildman–Crippen LogP) is 4.94. The summed E-state index contributed by atoms with van der Waals surface area (Å²) in [7, 11) is 0. The van der Waals surface area contributed by atoms with Crippen molar-refractivity contribution in [1.29, 1.82) is 0 Å². The summed E-state index contributed by atoms with van der Waals surface area (Å²) in [5.41, 5.74) is 2.16. The lowest BCUT2D eigenvalue weighted by molar-refractivity contribution is 0.341. The molecule has 24 heavy (non-hydrogen) atoms. The van der Waals surface area contributed by atoms with Crippen LogP contribution in [0.1, 0.15) is 26.3 Å². The van der Waals surface area contributed by atoms with E-state index in [0.717, 1.165) is 29.6 Å². The number of thiocarbonyl (C=S) groups is 1. The Hall–Kier alpha value is -2.07. The predicted molar refractivity (Wildman–Crippen MR) is 106 cm³/mol. The molecule has 0 spiro atoms. The number of ether oxygens (including phenoxy) is 1. The van der Waals surface area contributed by atoms with Gasteiger partial charge in [-0.15, -0.1) is 0 Å². The Morgan fingerprint density at radius 1 is 1.08 bits per heavy atom. The molecule has 0 amide bonds. The van der Waals surface area contributed by atoms with Gasteiger partial charge in [0.2, 0.25) is 0 Å². The second-order valence-electron chi connectivity index (χ2n) is 6.12. The van der Waals surface area contributed by atoms with Crippen molar-refractivity contribution in [2.75, 3.05) is 18.5 Å². The summed E-state index contributed by atoms with van der Waals surface area (Å²) in [5, 5.41) is 4.08. The van der Waals surface area contributed by atoms with Gasteiger partial charge in [-0.05, 0) is 42.8 Å². The normalized spacial score (nSPS) is 10.5. The third-order valence-corrected chi connectivity index (χ3v) is 3.88. The van der Waals surface area contributed by atoms with E-state index < -0.39 is 0 Å². The molecule has 0 bridgehead atoms. The van der Waals surface area contributed by atoms with Gasteiger partial charge < -0.3 is 15.0 Å². The highest BCUT2D eigenvalue weighted by Crippen LogP contribution is 2.24. The van der Waals surface area contributed by atoms with Crippen LogP contribution in [-0.4, -0.2) is 23.2 Å². The van der Waals surface area contributed by atoms with E-state index in [1.54, 1.807) is 0 Å². The van der Waals surface area contributed by atoms with Crippen molar-refractivity contribution in [3.05, 3.63) is 60.2 Å². The lowest BCUT2D eigenvalue weighted by atomic mass is 10.1. The smallest absolute Gasteiger partial charge is 0.173 e. The molecular weight excluding hydrogens is 316 g/mol. The molecule has 1 N–H and O–H groups in total. The number of anilines is 1. The zero-order chi connectivity index (χ0) is 17.4. The van der Waals surface area contributed by atoms with Gasteiger partial charge in [0.1, 0.15) is 5.75 Å². The highest BCUT2D eigenvalue weighted by atomic mass is 32.1. The van der Waals surface area contributed by atoms with Gasteiger partial charge in [-0.3, -0.25) is 0 Å². The van der Waals surface area contributed by atoms with Gasteiger partial charge >= 0.3 is 0 Å². The Balaban J connectivity index is 2.13. The molecule has 2 aromatic carbocycles. The van der Waals surface area contributed by atoms with E-state index >= 15 is 0 Å². The molecule has 0 aliphatic heterocycles. The maximum Gasteiger partial charge on any atom is 0.173 e. The summed E-state index contributed by atoms with van der Waals surface area (Å²) in [6, 6.07) is 18.3. The van der Waals surface area contributed by atoms with Crippen molar-refractivity contribution in [1.82, 2.24) is 4.90 Å². The van der Waals surface area contributed by atoms with Crippen LogP contribution in [0.3, 0.4) is 0 Å². The average Bonchev–Trinajstić information content (AvgIpc) is 2.57. The zero-order valence-electron chi connectivity index (χ0n) is 14.7. The van der Waals surface area contributed by atoms with Crippen LogP contribution < -0.4 is 10.1 Å². The van der Waals surface area contributed by atoms with Crippen LogP contribution in [0, 0.1) is 5.92 Å². The van der Waals surface area contributed by atoms with Gasteiger partial charge in [0.25, 0.3) is 0 Å². The number of hydrogen-bond donors (Lipinski definition) is 1. The van der Waals surface area contributed by atoms with Gasteiger partial charge in [-0.1, -0.05) is 56.3 Å². The number of nitrogens with zero attached hydrogens (tertiary/aromatic N) is 1. The molecule has 0 fully saturated rings. The van der Waals surface area contributed by atoms with Crippen LogP contribution in [0.25, 0.3) is 0 Å². The van der Waals surface area contributed by atoms with E-state index in [9.17, 15) is 0 Å². The van der Waals surface area contributed by atoms with Crippen molar-refractivity contribution in [2.24, 2.45) is 5.92 Å². The van der Waals surface area contributed by atoms with Crippen LogP contribution in [-0.2, 0) is 6.54 Å². The van der Waals surface area contributed by atoms with Crippen molar-refractivity contribution in [3.8, 4) is 5.75 Å². The van der Waals surface area contributed by atoms with Crippen LogP contribution in [0.5, 0.6) is 5.75 Å². The molecule has 0 aromatic heterocycles. The summed E-state index contributed by atoms with van der Waals surface area (Å²) in [6.07, 6.45) is 0. The molecule has 0 unspecified atom stereocenters. The fourth-order valence-electron chi connectivity index (χ4n) is 2.51. The van der Waals surface area contributed by atoms with E-state index in [2.05, 4.69) is 48.3 Å². The molecule has 2 rings (SSSR count). The molecule has 0 atom stereocenters. The monoisotopic (exact) mass is 342 g/mol. The molecule has 3 nitrogen and oxygen atoms in total. The van der Waals surface area contributed by atoms with Crippen molar-refractivity contribution < 1.29 is 4.74 Å². The summed E-state index contributed by atoms with van der Waals surface area (Å²) in [4.78, 5) is 2.21. The first-order valence-electron chi connectivity index (χ1n) is 8.41. The van der Waals surface area contributed by atoms with E-state index in [1.165, 1.54) is 5.56 Å². The summed E-state index contributed by atoms with van der Waals surface area (Å²) >= 11 is 5.68. The Morgan fingerprint density at radius 3 is 2.42 bits per heavy atom. The Morgan fingerprint density at radius 2 is 1.75 bits per heavy atom. The van der Waals surface area contributed by atoms with Gasteiger partial charge in [0.05, 0.1) is 12.3 Å². The van der Waals surface area contributed by atoms with E-state index in [-0.39, 0.29) is 0 Å². The van der Waals surface area contributed by atoms with Gasteiger partial charge in [-0.25, -0.2) is 0 Å². The van der Waals surface area contributed by atoms with Gasteiger partial charge in [-0.2, -0.15) is 0 Å². The quantitative estimate of drug-likeness (QED) is 0.720. The minimum atomic E-state index is 0.524. The van der Waals surface area contributed by atoms with Crippen molar-refractivity contribution >= 4 is 23.0 Å². The third-order valence-electron chi connectivity index (χ3n) is 3.52. The van der Waals surface area contributed by atoms with Crippen LogP contribution in [0.4, 0.5) is 5.69 Å². The molecular formula is C20H26N2OS. The highest BCUT2D eigenvalue weighted by molar-refractivity contribution is 7.80. The first kappa shape index (κ1) is 18.3. The number of para-hydroxylation sites is 2. The summed E-state index contributed by atoms with van der Waals surface area (Å²) in [6.45, 7) is 8.71. The zero-order valence-corrected chi connectivity index (χ0v) is 15.5. The van der Waals surface area contributed by atoms with Gasteiger partial charge in [0.15, 0.2) is 5.11 Å². The fourth-order valence-corrected chi connectivity index (χ4v) is 2.76. The first-order valence-corrected chi connectivity index (χ1v) is 8.82. The van der Waals surface area contributed by atoms with Crippen LogP contribution >= 0.6 is 12.2 Å². The summed E-state index contributed by atoms with van der Waals surface area (Å²) < 4.78 is 5.68. The third kappa shape index (κ3) is 5.53. The van der Waals surface area contributed by atoms with E-state index in [1.807, 2.05) is 37.3 Å². The Labute approximate surface area is 150 Å². The molecule has 0 aliphatic carbocycles. The molecule has 4 heteroatoms. The fraction of sp³-hybridized carbons (Fsp3) is 0.350. The molecule has 0 saturated heterocycles. The number of hydrogen-bond acceptors (Lipinski definition) is 2. The number of nitrogens with one attached hydrogen (secondary N) is 1. The average molecular weight is 343 g/mol. The Bertz CT molecular complexity index is 643. The Kier molecular flexibility index (Phi) is 7.07. The molecule has 0 radical (unpaired) electrons. The number of rotatable bonds is 7. The van der Waals surface area contributed by atoms with E-state index in [4.69, 9.17) is 17.0 Å². The molecule has 2 aromatic rings. The molecule has 0 heterocycles. The van der Waals surface area contributed by atoms with Crippen molar-refractivity contribution in [3.63, 3.8) is 0 Å². The lowest BCUT2D eigenvalue weighted by Gasteiger charge is -2.28. The SMILES string of the molecule is CCOc1ccccc1NC(=S)N(Cc1ccccc1)CC(C)C. The second kappa shape index (κ2) is 9.28. The van der Waals surface area contributed by atoms with Crippen LogP contribution in [0.2, 0.25) is 0 Å². The maximum atomic E-state index is 5.68. The lowest BCUT2D eigenvalue weighted by Crippen LogP contribution is -2.37. The molecule has 0 saturated carbocycles. The van der Waals surface area contributed by atoms with Crippen molar-refractivity contribution in [2.45, 2.75) is 27.3 Å². The summed E-state index contributed by atoms with van der Waals surface area (Å²) in [5.74, 6) is 1.35.